The Morgan fingerprint density at radius 3 is 2.66 bits per heavy atom. The van der Waals surface area contributed by atoms with E-state index in [9.17, 15) is 13.2 Å². The van der Waals surface area contributed by atoms with Crippen molar-refractivity contribution in [2.75, 3.05) is 18.4 Å². The maximum Gasteiger partial charge on any atom is 0.291 e. The predicted octanol–water partition coefficient (Wildman–Crippen LogP) is 3.06. The lowest BCUT2D eigenvalue weighted by Crippen LogP contribution is -2.35. The molecule has 0 atom stereocenters. The molecular formula is C19H20N4O5S. The molecule has 1 aliphatic rings. The average molecular weight is 416 g/mol. The summed E-state index contributed by atoms with van der Waals surface area (Å²) in [6, 6.07) is 8.00. The van der Waals surface area contributed by atoms with Crippen LogP contribution in [0.5, 0.6) is 0 Å². The zero-order valence-electron chi connectivity index (χ0n) is 15.8. The second kappa shape index (κ2) is 7.80. The predicted molar refractivity (Wildman–Crippen MR) is 104 cm³/mol. The van der Waals surface area contributed by atoms with E-state index in [1.54, 1.807) is 12.1 Å². The van der Waals surface area contributed by atoms with Gasteiger partial charge in [0.15, 0.2) is 5.76 Å². The summed E-state index contributed by atoms with van der Waals surface area (Å²) >= 11 is 0. The monoisotopic (exact) mass is 416 g/mol. The molecule has 1 fully saturated rings. The minimum absolute atomic E-state index is 0.0804. The Hall–Kier alpha value is -2.98. The minimum atomic E-state index is -3.73. The van der Waals surface area contributed by atoms with Gasteiger partial charge in [-0.2, -0.15) is 4.31 Å². The molecule has 1 N–H and O–H groups in total. The molecular weight excluding hydrogens is 396 g/mol. The lowest BCUT2D eigenvalue weighted by Gasteiger charge is -2.24. The van der Waals surface area contributed by atoms with Crippen LogP contribution in [0.1, 0.15) is 35.4 Å². The number of benzene rings is 1. The molecule has 4 rings (SSSR count). The summed E-state index contributed by atoms with van der Waals surface area (Å²) in [5.41, 5.74) is 1.99. The van der Waals surface area contributed by atoms with Gasteiger partial charge < -0.3 is 14.2 Å². The molecule has 1 aliphatic heterocycles. The van der Waals surface area contributed by atoms with Gasteiger partial charge in [-0.25, -0.2) is 8.42 Å². The average Bonchev–Trinajstić information content (AvgIpc) is 3.43. The number of nitrogens with one attached hydrogen (secondary N) is 1. The van der Waals surface area contributed by atoms with Gasteiger partial charge in [-0.15, -0.1) is 10.2 Å². The normalized spacial score (nSPS) is 15.3. The van der Waals surface area contributed by atoms with E-state index in [0.29, 0.717) is 30.2 Å². The molecule has 0 bridgehead atoms. The van der Waals surface area contributed by atoms with Crippen molar-refractivity contribution in [3.05, 3.63) is 48.0 Å². The lowest BCUT2D eigenvalue weighted by molar-refractivity contribution is 0.0991. The SMILES string of the molecule is Cc1ccc(-c2nnco2)cc1NC(=O)c1ccc(S(=O)(=O)N2CCCCC2)o1. The second-order valence-corrected chi connectivity index (χ2v) is 8.68. The minimum Gasteiger partial charge on any atom is -0.438 e. The van der Waals surface area contributed by atoms with Crippen molar-refractivity contribution in [2.24, 2.45) is 0 Å². The third-order valence-corrected chi connectivity index (χ3v) is 6.58. The van der Waals surface area contributed by atoms with E-state index >= 15 is 0 Å². The fourth-order valence-electron chi connectivity index (χ4n) is 3.19. The number of furan rings is 1. The van der Waals surface area contributed by atoms with Crippen molar-refractivity contribution in [1.82, 2.24) is 14.5 Å². The van der Waals surface area contributed by atoms with Crippen LogP contribution in [0, 0.1) is 6.92 Å². The quantitative estimate of drug-likeness (QED) is 0.679. The number of amides is 1. The third-order valence-electron chi connectivity index (χ3n) is 4.81. The number of piperidine rings is 1. The summed E-state index contributed by atoms with van der Waals surface area (Å²) < 4.78 is 37.3. The number of rotatable bonds is 5. The van der Waals surface area contributed by atoms with E-state index in [1.807, 2.05) is 13.0 Å². The molecule has 9 nitrogen and oxygen atoms in total. The number of hydrogen-bond acceptors (Lipinski definition) is 7. The molecule has 10 heteroatoms. The third kappa shape index (κ3) is 3.94. The van der Waals surface area contributed by atoms with Crippen LogP contribution < -0.4 is 5.32 Å². The smallest absolute Gasteiger partial charge is 0.291 e. The van der Waals surface area contributed by atoms with Crippen LogP contribution in [0.25, 0.3) is 11.5 Å². The fourth-order valence-corrected chi connectivity index (χ4v) is 4.61. The molecule has 3 heterocycles. The Labute approximate surface area is 167 Å². The van der Waals surface area contributed by atoms with Crippen LogP contribution in [-0.2, 0) is 10.0 Å². The Bertz CT molecular complexity index is 1120. The van der Waals surface area contributed by atoms with E-state index in [4.69, 9.17) is 8.83 Å². The highest BCUT2D eigenvalue weighted by Crippen LogP contribution is 2.26. The molecule has 0 saturated carbocycles. The summed E-state index contributed by atoms with van der Waals surface area (Å²) in [6.07, 6.45) is 3.88. The van der Waals surface area contributed by atoms with E-state index in [2.05, 4.69) is 15.5 Å². The van der Waals surface area contributed by atoms with Crippen LogP contribution in [0.4, 0.5) is 5.69 Å². The molecule has 29 heavy (non-hydrogen) atoms. The van der Waals surface area contributed by atoms with Gasteiger partial charge >= 0.3 is 0 Å². The van der Waals surface area contributed by atoms with Crippen LogP contribution in [0.3, 0.4) is 0 Å². The molecule has 152 valence electrons. The molecule has 0 aliphatic carbocycles. The van der Waals surface area contributed by atoms with Gasteiger partial charge in [0, 0.05) is 24.3 Å². The number of sulfonamides is 1. The molecule has 2 aromatic heterocycles. The number of anilines is 1. The number of carbonyl (C=O) groups excluding carboxylic acids is 1. The zero-order valence-corrected chi connectivity index (χ0v) is 16.6. The Morgan fingerprint density at radius 1 is 1.14 bits per heavy atom. The van der Waals surface area contributed by atoms with Gasteiger partial charge in [0.1, 0.15) is 0 Å². The number of nitrogens with zero attached hydrogens (tertiary/aromatic N) is 3. The summed E-state index contributed by atoms with van der Waals surface area (Å²) in [4.78, 5) is 12.6. The number of hydrogen-bond donors (Lipinski definition) is 1. The first-order valence-electron chi connectivity index (χ1n) is 9.24. The largest absolute Gasteiger partial charge is 0.438 e. The van der Waals surface area contributed by atoms with Crippen molar-refractivity contribution < 1.29 is 22.0 Å². The first-order valence-corrected chi connectivity index (χ1v) is 10.7. The Morgan fingerprint density at radius 2 is 1.93 bits per heavy atom. The van der Waals surface area contributed by atoms with E-state index in [-0.39, 0.29) is 10.9 Å². The summed E-state index contributed by atoms with van der Waals surface area (Å²) in [5.74, 6) is -0.299. The van der Waals surface area contributed by atoms with Crippen LogP contribution >= 0.6 is 0 Å². The second-order valence-electron chi connectivity index (χ2n) is 6.81. The van der Waals surface area contributed by atoms with Gasteiger partial charge in [0.05, 0.1) is 0 Å². The summed E-state index contributed by atoms with van der Waals surface area (Å²) in [6.45, 7) is 2.76. The summed E-state index contributed by atoms with van der Waals surface area (Å²) in [7, 11) is -3.73. The Kier molecular flexibility index (Phi) is 5.20. The molecule has 1 saturated heterocycles. The van der Waals surface area contributed by atoms with Gasteiger partial charge in [0.25, 0.3) is 15.9 Å². The first kappa shape index (κ1) is 19.3. The molecule has 1 aromatic carbocycles. The fraction of sp³-hybridized carbons (Fsp3) is 0.316. The Balaban J connectivity index is 1.53. The van der Waals surface area contributed by atoms with Crippen molar-refractivity contribution in [2.45, 2.75) is 31.3 Å². The van der Waals surface area contributed by atoms with Gasteiger partial charge in [-0.1, -0.05) is 12.5 Å². The van der Waals surface area contributed by atoms with Crippen LogP contribution in [0.15, 0.2) is 50.7 Å². The molecule has 3 aromatic rings. The maximum absolute atomic E-state index is 12.7. The number of carbonyl (C=O) groups is 1. The molecule has 1 amide bonds. The standard InChI is InChI=1S/C19H20N4O5S/c1-13-5-6-14(19-22-20-12-27-19)11-15(13)21-18(24)16-7-8-17(28-16)29(25,26)23-9-3-2-4-10-23/h5-8,11-12H,2-4,9-10H2,1H3,(H,21,24). The molecule has 0 spiro atoms. The van der Waals surface area contributed by atoms with E-state index in [1.165, 1.54) is 22.8 Å². The highest BCUT2D eigenvalue weighted by Gasteiger charge is 2.29. The van der Waals surface area contributed by atoms with Crippen molar-refractivity contribution in [3.63, 3.8) is 0 Å². The first-order chi connectivity index (χ1) is 13.9. The van der Waals surface area contributed by atoms with Gasteiger partial charge in [-0.05, 0) is 49.6 Å². The number of aryl methyl sites for hydroxylation is 1. The van der Waals surface area contributed by atoms with Crippen LogP contribution in [0.2, 0.25) is 0 Å². The van der Waals surface area contributed by atoms with Crippen molar-refractivity contribution in [1.29, 1.82) is 0 Å². The molecule has 0 unspecified atom stereocenters. The highest BCUT2D eigenvalue weighted by molar-refractivity contribution is 7.89. The topological polar surface area (TPSA) is 119 Å². The lowest BCUT2D eigenvalue weighted by atomic mass is 10.1. The van der Waals surface area contributed by atoms with E-state index in [0.717, 1.165) is 24.8 Å². The maximum atomic E-state index is 12.7. The van der Waals surface area contributed by atoms with Crippen LogP contribution in [-0.4, -0.2) is 41.9 Å². The zero-order chi connectivity index (χ0) is 20.4. The van der Waals surface area contributed by atoms with Gasteiger partial charge in [0.2, 0.25) is 17.4 Å². The van der Waals surface area contributed by atoms with Crippen molar-refractivity contribution in [3.8, 4) is 11.5 Å². The van der Waals surface area contributed by atoms with Gasteiger partial charge in [-0.3, -0.25) is 4.79 Å². The summed E-state index contributed by atoms with van der Waals surface area (Å²) in [5, 5.41) is 10.0. The highest BCUT2D eigenvalue weighted by atomic mass is 32.2. The number of aromatic nitrogens is 2. The van der Waals surface area contributed by atoms with Crippen molar-refractivity contribution >= 4 is 21.6 Å². The van der Waals surface area contributed by atoms with E-state index < -0.39 is 15.9 Å². The molecule has 0 radical (unpaired) electrons.